The molecule has 0 saturated heterocycles. The van der Waals surface area contributed by atoms with Crippen molar-refractivity contribution >= 4 is 26.9 Å². The molecule has 17 heavy (non-hydrogen) atoms. The molecule has 0 radical (unpaired) electrons. The van der Waals surface area contributed by atoms with Crippen LogP contribution < -0.4 is 15.3 Å². The van der Waals surface area contributed by atoms with Crippen molar-refractivity contribution in [2.75, 3.05) is 13.8 Å². The molecular formula is C14H18BOP. The van der Waals surface area contributed by atoms with Gasteiger partial charge < -0.3 is 4.74 Å². The maximum atomic E-state index is 5.16. The van der Waals surface area contributed by atoms with Gasteiger partial charge in [-0.25, -0.2) is 0 Å². The first-order valence-corrected chi connectivity index (χ1v) is 7.03. The van der Waals surface area contributed by atoms with Crippen LogP contribution in [-0.2, 0) is 0 Å². The van der Waals surface area contributed by atoms with Crippen LogP contribution in [0.3, 0.4) is 0 Å². The molecule has 2 rings (SSSR count). The van der Waals surface area contributed by atoms with Crippen molar-refractivity contribution in [3.63, 3.8) is 0 Å². The van der Waals surface area contributed by atoms with Gasteiger partial charge in [-0.2, -0.15) is 0 Å². The third-order valence-corrected chi connectivity index (χ3v) is 4.75. The lowest BCUT2D eigenvalue weighted by molar-refractivity contribution is 0.415. The highest BCUT2D eigenvalue weighted by molar-refractivity contribution is 7.72. The van der Waals surface area contributed by atoms with Crippen LogP contribution in [0.4, 0.5) is 0 Å². The van der Waals surface area contributed by atoms with Gasteiger partial charge in [0.1, 0.15) is 5.75 Å². The Bertz CT molecular complexity index is 442. The molecule has 1 atom stereocenters. The Hall–Kier alpha value is -1.27. The third-order valence-electron chi connectivity index (χ3n) is 2.60. The predicted octanol–water partition coefficient (Wildman–Crippen LogP) is 1.57. The van der Waals surface area contributed by atoms with E-state index in [1.807, 2.05) is 12.1 Å². The van der Waals surface area contributed by atoms with Crippen LogP contribution in [-0.4, -0.2) is 22.2 Å². The number of ether oxygens (including phenoxy) is 1. The topological polar surface area (TPSA) is 9.23 Å². The van der Waals surface area contributed by atoms with Gasteiger partial charge in [-0.15, -0.1) is 0 Å². The largest absolute Gasteiger partial charge is 0.497 e. The predicted molar refractivity (Wildman–Crippen MR) is 81.5 cm³/mol. The standard InChI is InChI=1S/C14H15OP.BH3/c1-15-12-8-10-14(11-9-12)16(2)13-6-4-3-5-7-13;/h3-11H,1-2H3;1H3/t16-;/m0./s1. The summed E-state index contributed by atoms with van der Waals surface area (Å²) in [5, 5.41) is 2.78. The molecule has 0 spiro atoms. The summed E-state index contributed by atoms with van der Waals surface area (Å²) in [6.45, 7) is 2.28. The molecule has 0 heterocycles. The van der Waals surface area contributed by atoms with E-state index in [-0.39, 0.29) is 16.3 Å². The van der Waals surface area contributed by atoms with Gasteiger partial charge in [0.05, 0.1) is 15.5 Å². The van der Waals surface area contributed by atoms with Gasteiger partial charge in [0.15, 0.2) is 0 Å². The molecule has 0 unspecified atom stereocenters. The summed E-state index contributed by atoms with van der Waals surface area (Å²) in [6, 6.07) is 19.0. The van der Waals surface area contributed by atoms with Crippen LogP contribution in [0, 0.1) is 0 Å². The second kappa shape index (κ2) is 6.47. The molecular weight excluding hydrogens is 226 g/mol. The molecule has 0 aliphatic heterocycles. The average Bonchev–Trinajstić information content (AvgIpc) is 2.39. The molecule has 0 amide bonds. The molecule has 0 aliphatic rings. The van der Waals surface area contributed by atoms with Crippen LogP contribution in [0.15, 0.2) is 54.6 Å². The fourth-order valence-corrected chi connectivity index (χ4v) is 3.12. The molecule has 0 N–H and O–H groups in total. The second-order valence-electron chi connectivity index (χ2n) is 3.59. The lowest BCUT2D eigenvalue weighted by atomic mass is 10.3. The number of hydrogen-bond donors (Lipinski definition) is 0. The van der Waals surface area contributed by atoms with Gasteiger partial charge in [0.25, 0.3) is 0 Å². The van der Waals surface area contributed by atoms with Gasteiger partial charge in [-0.05, 0) is 37.3 Å². The number of benzene rings is 2. The van der Waals surface area contributed by atoms with Crippen molar-refractivity contribution in [3.8, 4) is 5.75 Å². The van der Waals surface area contributed by atoms with Crippen molar-refractivity contribution in [1.82, 2.24) is 0 Å². The maximum absolute atomic E-state index is 5.16. The molecule has 1 nitrogen and oxygen atoms in total. The number of rotatable bonds is 3. The minimum Gasteiger partial charge on any atom is -0.497 e. The van der Waals surface area contributed by atoms with E-state index in [9.17, 15) is 0 Å². The molecule has 2 aromatic carbocycles. The summed E-state index contributed by atoms with van der Waals surface area (Å²) >= 11 is 0. The maximum Gasteiger partial charge on any atom is 0.118 e. The Morgan fingerprint density at radius 3 is 1.88 bits per heavy atom. The van der Waals surface area contributed by atoms with Gasteiger partial charge in [-0.3, -0.25) is 0 Å². The molecule has 0 fully saturated rings. The molecule has 0 bridgehead atoms. The Labute approximate surface area is 106 Å². The van der Waals surface area contributed by atoms with E-state index in [0.717, 1.165) is 5.75 Å². The molecule has 88 valence electrons. The van der Waals surface area contributed by atoms with Crippen molar-refractivity contribution in [2.45, 2.75) is 0 Å². The molecule has 0 saturated carbocycles. The summed E-state index contributed by atoms with van der Waals surface area (Å²) < 4.78 is 5.16. The van der Waals surface area contributed by atoms with Gasteiger partial charge in [0, 0.05) is 0 Å². The first-order valence-electron chi connectivity index (χ1n) is 5.24. The monoisotopic (exact) mass is 244 g/mol. The zero-order valence-corrected chi connectivity index (χ0v) is 10.4. The second-order valence-corrected chi connectivity index (χ2v) is 5.74. The van der Waals surface area contributed by atoms with Gasteiger partial charge in [0.2, 0.25) is 0 Å². The van der Waals surface area contributed by atoms with Crippen LogP contribution in [0.2, 0.25) is 0 Å². The summed E-state index contributed by atoms with van der Waals surface area (Å²) in [4.78, 5) is 0. The highest BCUT2D eigenvalue weighted by atomic mass is 31.1. The zero-order valence-electron chi connectivity index (χ0n) is 9.55. The van der Waals surface area contributed by atoms with Crippen molar-refractivity contribution in [1.29, 1.82) is 0 Å². The van der Waals surface area contributed by atoms with Crippen molar-refractivity contribution in [2.24, 2.45) is 0 Å². The van der Waals surface area contributed by atoms with E-state index >= 15 is 0 Å². The Morgan fingerprint density at radius 2 is 1.35 bits per heavy atom. The SMILES string of the molecule is B.COc1ccc([P@@](C)c2ccccc2)cc1. The highest BCUT2D eigenvalue weighted by Crippen LogP contribution is 2.28. The fourth-order valence-electron chi connectivity index (χ4n) is 1.61. The molecule has 3 heteroatoms. The van der Waals surface area contributed by atoms with Gasteiger partial charge in [-0.1, -0.05) is 42.5 Å². The lowest BCUT2D eigenvalue weighted by Crippen LogP contribution is -2.09. The summed E-state index contributed by atoms with van der Waals surface area (Å²) in [5.74, 6) is 0.917. The minimum absolute atomic E-state index is 0. The van der Waals surface area contributed by atoms with E-state index in [4.69, 9.17) is 4.74 Å². The molecule has 2 aromatic rings. The highest BCUT2D eigenvalue weighted by Gasteiger charge is 2.06. The smallest absolute Gasteiger partial charge is 0.118 e. The quantitative estimate of drug-likeness (QED) is 0.588. The van der Waals surface area contributed by atoms with Crippen LogP contribution in [0.5, 0.6) is 5.75 Å². The minimum atomic E-state index is -0.244. The van der Waals surface area contributed by atoms with E-state index in [2.05, 4.69) is 49.1 Å². The van der Waals surface area contributed by atoms with Crippen LogP contribution in [0.25, 0.3) is 0 Å². The summed E-state index contributed by atoms with van der Waals surface area (Å²) in [6.07, 6.45) is 0. The summed E-state index contributed by atoms with van der Waals surface area (Å²) in [5.41, 5.74) is 0. The zero-order chi connectivity index (χ0) is 11.4. The van der Waals surface area contributed by atoms with Gasteiger partial charge >= 0.3 is 0 Å². The average molecular weight is 244 g/mol. The van der Waals surface area contributed by atoms with E-state index in [1.54, 1.807) is 7.11 Å². The van der Waals surface area contributed by atoms with E-state index < -0.39 is 0 Å². The van der Waals surface area contributed by atoms with E-state index in [1.165, 1.54) is 10.6 Å². The normalized spacial score (nSPS) is 11.4. The fraction of sp³-hybridized carbons (Fsp3) is 0.143. The Balaban J connectivity index is 0.00000144. The first-order chi connectivity index (χ1) is 7.81. The molecule has 0 aliphatic carbocycles. The van der Waals surface area contributed by atoms with E-state index in [0.29, 0.717) is 0 Å². The van der Waals surface area contributed by atoms with Crippen molar-refractivity contribution in [3.05, 3.63) is 54.6 Å². The third kappa shape index (κ3) is 3.34. The lowest BCUT2D eigenvalue weighted by Gasteiger charge is -2.13. The number of hydrogen-bond acceptors (Lipinski definition) is 1. The van der Waals surface area contributed by atoms with Crippen LogP contribution in [0.1, 0.15) is 0 Å². The Kier molecular flexibility index (Phi) is 5.25. The van der Waals surface area contributed by atoms with Crippen molar-refractivity contribution < 1.29 is 4.74 Å². The first kappa shape index (κ1) is 13.8. The number of methoxy groups -OCH3 is 1. The van der Waals surface area contributed by atoms with Crippen LogP contribution >= 0.6 is 7.92 Å². The Morgan fingerprint density at radius 1 is 0.824 bits per heavy atom. The summed E-state index contributed by atoms with van der Waals surface area (Å²) in [7, 11) is 1.45. The molecule has 0 aromatic heterocycles.